The number of anilines is 1. The van der Waals surface area contributed by atoms with Gasteiger partial charge in [-0.25, -0.2) is 0 Å². The van der Waals surface area contributed by atoms with Gasteiger partial charge in [-0.05, 0) is 56.5 Å². The zero-order valence-electron chi connectivity index (χ0n) is 19.6. The van der Waals surface area contributed by atoms with E-state index >= 15 is 0 Å². The molecule has 9 nitrogen and oxygen atoms in total. The van der Waals surface area contributed by atoms with Gasteiger partial charge in [-0.3, -0.25) is 9.52 Å². The van der Waals surface area contributed by atoms with Gasteiger partial charge in [0.15, 0.2) is 5.84 Å². The topological polar surface area (TPSA) is 123 Å². The van der Waals surface area contributed by atoms with Gasteiger partial charge in [0.25, 0.3) is 0 Å². The zero-order valence-corrected chi connectivity index (χ0v) is 20.4. The largest absolute Gasteiger partial charge is 0.497 e. The molecule has 0 bridgehead atoms. The van der Waals surface area contributed by atoms with Crippen LogP contribution in [0, 0.1) is 5.92 Å². The number of nitrogens with two attached hydrogens (primary N) is 1. The molecule has 0 unspecified atom stereocenters. The Kier molecular flexibility index (Phi) is 6.44. The Balaban J connectivity index is 1.44. The Labute approximate surface area is 200 Å². The van der Waals surface area contributed by atoms with Crippen molar-refractivity contribution in [3.63, 3.8) is 0 Å². The maximum atomic E-state index is 13.4. The first-order valence-corrected chi connectivity index (χ1v) is 12.6. The van der Waals surface area contributed by atoms with Crippen LogP contribution in [-0.2, 0) is 20.4 Å². The second-order valence-electron chi connectivity index (χ2n) is 9.16. The minimum Gasteiger partial charge on any atom is -0.497 e. The minimum absolute atomic E-state index is 0.0743. The monoisotopic (exact) mass is 486 g/mol. The number of amidine groups is 1. The highest BCUT2D eigenvalue weighted by Gasteiger charge is 2.36. The van der Waals surface area contributed by atoms with E-state index in [-0.39, 0.29) is 17.7 Å². The molecule has 182 valence electrons. The van der Waals surface area contributed by atoms with Crippen molar-refractivity contribution < 1.29 is 22.7 Å². The van der Waals surface area contributed by atoms with Gasteiger partial charge in [-0.1, -0.05) is 18.2 Å². The lowest BCUT2D eigenvalue weighted by Gasteiger charge is -2.38. The number of ether oxygens (including phenoxy) is 2. The molecule has 34 heavy (non-hydrogen) atoms. The number of rotatable bonds is 6. The third kappa shape index (κ3) is 4.82. The van der Waals surface area contributed by atoms with Crippen molar-refractivity contribution in [3.05, 3.63) is 53.6 Å². The summed E-state index contributed by atoms with van der Waals surface area (Å²) < 4.78 is 40.8. The molecule has 0 radical (unpaired) electrons. The van der Waals surface area contributed by atoms with Gasteiger partial charge in [0.2, 0.25) is 5.91 Å². The second-order valence-corrected chi connectivity index (χ2v) is 10.5. The van der Waals surface area contributed by atoms with E-state index in [0.717, 1.165) is 24.2 Å². The van der Waals surface area contributed by atoms with Crippen LogP contribution in [0.3, 0.4) is 0 Å². The fourth-order valence-corrected chi connectivity index (χ4v) is 5.30. The number of piperidine rings is 1. The third-order valence-corrected chi connectivity index (χ3v) is 7.28. The predicted molar refractivity (Wildman–Crippen MR) is 131 cm³/mol. The molecule has 0 aliphatic carbocycles. The number of methoxy groups -OCH3 is 1. The van der Waals surface area contributed by atoms with Gasteiger partial charge in [0.05, 0.1) is 30.4 Å². The Morgan fingerprint density at radius 1 is 1.24 bits per heavy atom. The van der Waals surface area contributed by atoms with Crippen molar-refractivity contribution in [2.24, 2.45) is 16.0 Å². The van der Waals surface area contributed by atoms with Crippen LogP contribution < -0.4 is 19.9 Å². The van der Waals surface area contributed by atoms with Gasteiger partial charge in [-0.2, -0.15) is 8.42 Å². The molecule has 2 aromatic rings. The number of amides is 1. The van der Waals surface area contributed by atoms with Crippen LogP contribution in [0.2, 0.25) is 0 Å². The van der Waals surface area contributed by atoms with Crippen molar-refractivity contribution in [2.75, 3.05) is 31.5 Å². The Hall–Kier alpha value is -3.27. The van der Waals surface area contributed by atoms with Crippen molar-refractivity contribution in [1.82, 2.24) is 4.90 Å². The van der Waals surface area contributed by atoms with Crippen LogP contribution >= 0.6 is 0 Å². The number of carbonyl (C=O) groups excluding carboxylic acids is 1. The summed E-state index contributed by atoms with van der Waals surface area (Å²) in [4.78, 5) is 15.4. The summed E-state index contributed by atoms with van der Waals surface area (Å²) in [6.45, 7) is 5.55. The highest BCUT2D eigenvalue weighted by Crippen LogP contribution is 2.32. The van der Waals surface area contributed by atoms with E-state index in [0.29, 0.717) is 36.7 Å². The van der Waals surface area contributed by atoms with E-state index in [1.54, 1.807) is 25.3 Å². The van der Waals surface area contributed by atoms with Crippen LogP contribution in [0.25, 0.3) is 0 Å². The maximum Gasteiger partial charge on any atom is 0.344 e. The van der Waals surface area contributed by atoms with Gasteiger partial charge >= 0.3 is 10.2 Å². The molecule has 1 amide bonds. The van der Waals surface area contributed by atoms with Gasteiger partial charge in [0, 0.05) is 19.0 Å². The summed E-state index contributed by atoms with van der Waals surface area (Å²) >= 11 is 0. The molecular weight excluding hydrogens is 456 g/mol. The normalized spacial score (nSPS) is 19.4. The Bertz CT molecular complexity index is 1210. The highest BCUT2D eigenvalue weighted by molar-refractivity contribution is 7.91. The molecule has 3 N–H and O–H groups in total. The Morgan fingerprint density at radius 3 is 2.68 bits per heavy atom. The van der Waals surface area contributed by atoms with Crippen LogP contribution in [0.5, 0.6) is 11.5 Å². The van der Waals surface area contributed by atoms with Crippen molar-refractivity contribution in [3.8, 4) is 11.5 Å². The van der Waals surface area contributed by atoms with Crippen LogP contribution in [-0.4, -0.2) is 51.9 Å². The van der Waals surface area contributed by atoms with Gasteiger partial charge in [-0.15, -0.1) is 4.40 Å². The average Bonchev–Trinajstić information content (AvgIpc) is 2.81. The van der Waals surface area contributed by atoms with Gasteiger partial charge < -0.3 is 20.1 Å². The maximum absolute atomic E-state index is 13.4. The molecule has 2 aliphatic rings. The number of hydrogen-bond donors (Lipinski definition) is 2. The molecule has 10 heteroatoms. The standard InChI is InChI=1S/C24H30N4O5S/c1-24(2,17-9-11-18(32-3)12-10-17)23(29)28-13-5-6-16(14-28)15-33-20-8-4-7-19-21(20)22(25)27-34(30,31)26-19/h4,7-12,16,26H,5-6,13-15H2,1-3H3,(H2,25,27)/t16-/m0/s1. The number of benzene rings is 2. The van der Waals surface area contributed by atoms with Crippen molar-refractivity contribution >= 4 is 27.6 Å². The van der Waals surface area contributed by atoms with Crippen LogP contribution in [0.4, 0.5) is 5.69 Å². The molecule has 0 saturated carbocycles. The number of carbonyl (C=O) groups is 1. The lowest BCUT2D eigenvalue weighted by molar-refractivity contribution is -0.138. The number of likely N-dealkylation sites (tertiary alicyclic amines) is 1. The molecule has 1 saturated heterocycles. The van der Waals surface area contributed by atoms with Crippen LogP contribution in [0.15, 0.2) is 46.9 Å². The van der Waals surface area contributed by atoms with E-state index in [1.165, 1.54) is 0 Å². The minimum atomic E-state index is -3.85. The highest BCUT2D eigenvalue weighted by atomic mass is 32.2. The quantitative estimate of drug-likeness (QED) is 0.647. The lowest BCUT2D eigenvalue weighted by Crippen LogP contribution is -2.48. The first-order chi connectivity index (χ1) is 16.1. The molecular formula is C24H30N4O5S. The van der Waals surface area contributed by atoms with E-state index in [9.17, 15) is 13.2 Å². The molecule has 0 spiro atoms. The number of hydrogen-bond acceptors (Lipinski definition) is 6. The van der Waals surface area contributed by atoms with E-state index in [4.69, 9.17) is 15.2 Å². The fourth-order valence-electron chi connectivity index (χ4n) is 4.46. The lowest BCUT2D eigenvalue weighted by atomic mass is 9.82. The summed E-state index contributed by atoms with van der Waals surface area (Å²) in [7, 11) is -2.23. The number of nitrogens with zero attached hydrogens (tertiary/aromatic N) is 2. The second kappa shape index (κ2) is 9.17. The molecule has 0 aromatic heterocycles. The first-order valence-electron chi connectivity index (χ1n) is 11.2. The molecule has 1 atom stereocenters. The predicted octanol–water partition coefficient (Wildman–Crippen LogP) is 2.67. The summed E-state index contributed by atoms with van der Waals surface area (Å²) in [5, 5.41) is 0. The molecule has 2 aliphatic heterocycles. The summed E-state index contributed by atoms with van der Waals surface area (Å²) in [5.41, 5.74) is 6.94. The average molecular weight is 487 g/mol. The summed E-state index contributed by atoms with van der Waals surface area (Å²) in [5.74, 6) is 1.32. The van der Waals surface area contributed by atoms with Gasteiger partial charge in [0.1, 0.15) is 11.5 Å². The fraction of sp³-hybridized carbons (Fsp3) is 0.417. The molecule has 2 aromatic carbocycles. The Morgan fingerprint density at radius 2 is 1.97 bits per heavy atom. The summed E-state index contributed by atoms with van der Waals surface area (Å²) in [6.07, 6.45) is 1.81. The third-order valence-electron chi connectivity index (χ3n) is 6.37. The van der Waals surface area contributed by atoms with Crippen molar-refractivity contribution in [2.45, 2.75) is 32.1 Å². The van der Waals surface area contributed by atoms with E-state index in [2.05, 4.69) is 9.12 Å². The van der Waals surface area contributed by atoms with E-state index < -0.39 is 15.6 Å². The number of fused-ring (bicyclic) bond motifs is 1. The molecule has 1 fully saturated rings. The molecule has 2 heterocycles. The number of nitrogens with one attached hydrogen (secondary N) is 1. The first kappa shape index (κ1) is 23.9. The zero-order chi connectivity index (χ0) is 24.5. The van der Waals surface area contributed by atoms with Crippen LogP contribution in [0.1, 0.15) is 37.8 Å². The van der Waals surface area contributed by atoms with E-state index in [1.807, 2.05) is 43.0 Å². The van der Waals surface area contributed by atoms with Crippen molar-refractivity contribution in [1.29, 1.82) is 0 Å². The smallest absolute Gasteiger partial charge is 0.344 e. The SMILES string of the molecule is COc1ccc(C(C)(C)C(=O)N2CCC[C@H](COc3cccc4c3C(N)=NS(=O)(=O)N4)C2)cc1. The summed E-state index contributed by atoms with van der Waals surface area (Å²) in [6, 6.07) is 12.6. The molecule has 4 rings (SSSR count).